The van der Waals surface area contributed by atoms with E-state index in [-0.39, 0.29) is 12.1 Å². The molecule has 0 aliphatic carbocycles. The van der Waals surface area contributed by atoms with Crippen LogP contribution in [0.15, 0.2) is 6.07 Å². The second-order valence-electron chi connectivity index (χ2n) is 3.75. The highest BCUT2D eigenvalue weighted by Gasteiger charge is 2.20. The molecule has 0 amide bonds. The van der Waals surface area contributed by atoms with Crippen molar-refractivity contribution in [1.29, 1.82) is 0 Å². The number of nitrogens with two attached hydrogens (primary N) is 1. The molecule has 2 heterocycles. The SMILES string of the molecule is CCC1CN(c2cc(Cl)nc(N)n2)CCO1. The van der Waals surface area contributed by atoms with Crippen molar-refractivity contribution in [3.63, 3.8) is 0 Å². The van der Waals surface area contributed by atoms with Crippen molar-refractivity contribution >= 4 is 23.4 Å². The molecule has 1 aliphatic heterocycles. The molecule has 1 atom stereocenters. The van der Waals surface area contributed by atoms with E-state index in [4.69, 9.17) is 22.1 Å². The van der Waals surface area contributed by atoms with Gasteiger partial charge in [-0.25, -0.2) is 4.98 Å². The van der Waals surface area contributed by atoms with Crippen molar-refractivity contribution in [3.05, 3.63) is 11.2 Å². The molecule has 0 saturated carbocycles. The average molecular weight is 243 g/mol. The molecule has 1 aliphatic rings. The van der Waals surface area contributed by atoms with E-state index < -0.39 is 0 Å². The number of rotatable bonds is 2. The van der Waals surface area contributed by atoms with Crippen molar-refractivity contribution in [3.8, 4) is 0 Å². The number of ether oxygens (including phenoxy) is 1. The topological polar surface area (TPSA) is 64.3 Å². The van der Waals surface area contributed by atoms with Gasteiger partial charge in [0.2, 0.25) is 5.95 Å². The summed E-state index contributed by atoms with van der Waals surface area (Å²) in [5.74, 6) is 0.987. The van der Waals surface area contributed by atoms with Crippen molar-refractivity contribution in [1.82, 2.24) is 9.97 Å². The molecule has 0 radical (unpaired) electrons. The van der Waals surface area contributed by atoms with E-state index in [0.717, 1.165) is 25.3 Å². The lowest BCUT2D eigenvalue weighted by molar-refractivity contribution is 0.0382. The zero-order chi connectivity index (χ0) is 11.5. The third kappa shape index (κ3) is 2.54. The maximum Gasteiger partial charge on any atom is 0.223 e. The van der Waals surface area contributed by atoms with Crippen LogP contribution in [0.5, 0.6) is 0 Å². The first kappa shape index (κ1) is 11.4. The molecular weight excluding hydrogens is 228 g/mol. The van der Waals surface area contributed by atoms with E-state index in [9.17, 15) is 0 Å². The Morgan fingerprint density at radius 1 is 1.62 bits per heavy atom. The molecule has 0 spiro atoms. The summed E-state index contributed by atoms with van der Waals surface area (Å²) in [5.41, 5.74) is 5.57. The zero-order valence-corrected chi connectivity index (χ0v) is 9.94. The molecule has 1 aromatic heterocycles. The Hall–Kier alpha value is -1.07. The minimum absolute atomic E-state index is 0.210. The van der Waals surface area contributed by atoms with Crippen molar-refractivity contribution < 1.29 is 4.74 Å². The van der Waals surface area contributed by atoms with Gasteiger partial charge in [0, 0.05) is 19.2 Å². The summed E-state index contributed by atoms with van der Waals surface area (Å²) < 4.78 is 5.59. The first-order valence-electron chi connectivity index (χ1n) is 5.35. The first-order chi connectivity index (χ1) is 7.69. The van der Waals surface area contributed by atoms with Gasteiger partial charge >= 0.3 is 0 Å². The van der Waals surface area contributed by atoms with Crippen LogP contribution >= 0.6 is 11.6 Å². The highest BCUT2D eigenvalue weighted by molar-refractivity contribution is 6.29. The maximum absolute atomic E-state index is 5.85. The minimum Gasteiger partial charge on any atom is -0.375 e. The highest BCUT2D eigenvalue weighted by atomic mass is 35.5. The van der Waals surface area contributed by atoms with Crippen LogP contribution < -0.4 is 10.6 Å². The largest absolute Gasteiger partial charge is 0.375 e. The molecule has 2 N–H and O–H groups in total. The second kappa shape index (κ2) is 4.84. The van der Waals surface area contributed by atoms with Crippen molar-refractivity contribution in [2.45, 2.75) is 19.4 Å². The predicted octanol–water partition coefficient (Wildman–Crippen LogP) is 1.33. The van der Waals surface area contributed by atoms with Crippen LogP contribution in [-0.2, 0) is 4.74 Å². The van der Waals surface area contributed by atoms with Gasteiger partial charge in [0.05, 0.1) is 12.7 Å². The van der Waals surface area contributed by atoms with E-state index in [1.165, 1.54) is 0 Å². The summed E-state index contributed by atoms with van der Waals surface area (Å²) in [7, 11) is 0. The summed E-state index contributed by atoms with van der Waals surface area (Å²) in [5, 5.41) is 0.377. The number of hydrogen-bond acceptors (Lipinski definition) is 5. The highest BCUT2D eigenvalue weighted by Crippen LogP contribution is 2.20. The van der Waals surface area contributed by atoms with Crippen molar-refractivity contribution in [2.24, 2.45) is 0 Å². The smallest absolute Gasteiger partial charge is 0.223 e. The van der Waals surface area contributed by atoms with E-state index in [1.54, 1.807) is 6.07 Å². The number of anilines is 2. The van der Waals surface area contributed by atoms with Gasteiger partial charge in [0.1, 0.15) is 11.0 Å². The molecule has 1 aromatic rings. The molecule has 1 saturated heterocycles. The van der Waals surface area contributed by atoms with Crippen molar-refractivity contribution in [2.75, 3.05) is 30.3 Å². The zero-order valence-electron chi connectivity index (χ0n) is 9.19. The van der Waals surface area contributed by atoms with Crippen LogP contribution in [0.25, 0.3) is 0 Å². The summed E-state index contributed by atoms with van der Waals surface area (Å²) in [6.45, 7) is 4.45. The second-order valence-corrected chi connectivity index (χ2v) is 4.14. The number of halogens is 1. The Morgan fingerprint density at radius 3 is 3.12 bits per heavy atom. The van der Waals surface area contributed by atoms with E-state index in [0.29, 0.717) is 11.8 Å². The summed E-state index contributed by atoms with van der Waals surface area (Å²) in [4.78, 5) is 10.1. The number of hydrogen-bond donors (Lipinski definition) is 1. The molecule has 1 fully saturated rings. The lowest BCUT2D eigenvalue weighted by Crippen LogP contribution is -2.42. The molecule has 16 heavy (non-hydrogen) atoms. The van der Waals surface area contributed by atoms with E-state index >= 15 is 0 Å². The molecule has 5 nitrogen and oxygen atoms in total. The Kier molecular flexibility index (Phi) is 3.46. The number of morpholine rings is 1. The van der Waals surface area contributed by atoms with Crippen LogP contribution in [0.1, 0.15) is 13.3 Å². The number of nitrogens with zero attached hydrogens (tertiary/aromatic N) is 3. The van der Waals surface area contributed by atoms with E-state index in [1.807, 2.05) is 0 Å². The number of nitrogen functional groups attached to an aromatic ring is 1. The normalized spacial score (nSPS) is 21.1. The van der Waals surface area contributed by atoms with Gasteiger partial charge < -0.3 is 15.4 Å². The standard InChI is InChI=1S/C10H15ClN4O/c1-2-7-6-15(3-4-16-7)9-5-8(11)13-10(12)14-9/h5,7H,2-4,6H2,1H3,(H2,12,13,14). The monoisotopic (exact) mass is 242 g/mol. The lowest BCUT2D eigenvalue weighted by Gasteiger charge is -2.33. The predicted molar refractivity (Wildman–Crippen MR) is 63.7 cm³/mol. The van der Waals surface area contributed by atoms with Crippen LogP contribution in [0, 0.1) is 0 Å². The van der Waals surface area contributed by atoms with Crippen LogP contribution in [-0.4, -0.2) is 35.8 Å². The fourth-order valence-electron chi connectivity index (χ4n) is 1.76. The molecule has 0 bridgehead atoms. The van der Waals surface area contributed by atoms with Crippen LogP contribution in [0.3, 0.4) is 0 Å². The van der Waals surface area contributed by atoms with Gasteiger partial charge in [-0.05, 0) is 6.42 Å². The van der Waals surface area contributed by atoms with Gasteiger partial charge in [-0.3, -0.25) is 0 Å². The number of aromatic nitrogens is 2. The Morgan fingerprint density at radius 2 is 2.44 bits per heavy atom. The molecule has 6 heteroatoms. The quantitative estimate of drug-likeness (QED) is 0.793. The first-order valence-corrected chi connectivity index (χ1v) is 5.73. The van der Waals surface area contributed by atoms with Gasteiger partial charge in [0.25, 0.3) is 0 Å². The third-order valence-electron chi connectivity index (χ3n) is 2.62. The van der Waals surface area contributed by atoms with E-state index in [2.05, 4.69) is 21.8 Å². The summed E-state index contributed by atoms with van der Waals surface area (Å²) >= 11 is 5.85. The maximum atomic E-state index is 5.85. The summed E-state index contributed by atoms with van der Waals surface area (Å²) in [6.07, 6.45) is 1.24. The minimum atomic E-state index is 0.210. The fraction of sp³-hybridized carbons (Fsp3) is 0.600. The Bertz CT molecular complexity index is 354. The Labute approximate surface area is 99.6 Å². The molecule has 2 rings (SSSR count). The fourth-order valence-corrected chi connectivity index (χ4v) is 1.94. The van der Waals surface area contributed by atoms with Gasteiger partial charge in [0.15, 0.2) is 0 Å². The van der Waals surface area contributed by atoms with Gasteiger partial charge in [-0.1, -0.05) is 18.5 Å². The third-order valence-corrected chi connectivity index (χ3v) is 2.81. The van der Waals surface area contributed by atoms with Crippen LogP contribution in [0.4, 0.5) is 11.8 Å². The lowest BCUT2D eigenvalue weighted by atomic mass is 10.2. The molecule has 0 aromatic carbocycles. The Balaban J connectivity index is 2.16. The molecule has 1 unspecified atom stereocenters. The average Bonchev–Trinajstić information content (AvgIpc) is 2.28. The molecule has 88 valence electrons. The van der Waals surface area contributed by atoms with Crippen LogP contribution in [0.2, 0.25) is 5.15 Å². The summed E-state index contributed by atoms with van der Waals surface area (Å²) in [6, 6.07) is 1.73. The molecular formula is C10H15ClN4O. The van der Waals surface area contributed by atoms with Gasteiger partial charge in [-0.2, -0.15) is 4.98 Å². The van der Waals surface area contributed by atoms with Gasteiger partial charge in [-0.15, -0.1) is 0 Å².